The van der Waals surface area contributed by atoms with E-state index < -0.39 is 0 Å². The minimum Gasteiger partial charge on any atom is -0.316 e. The molecule has 1 N–H and O–H groups in total. The summed E-state index contributed by atoms with van der Waals surface area (Å²) in [5.74, 6) is 0.367. The van der Waals surface area contributed by atoms with Crippen LogP contribution in [0.5, 0.6) is 0 Å². The van der Waals surface area contributed by atoms with Crippen LogP contribution in [0.2, 0.25) is 0 Å². The summed E-state index contributed by atoms with van der Waals surface area (Å²) < 4.78 is 2.93. The van der Waals surface area contributed by atoms with Crippen molar-refractivity contribution in [1.29, 1.82) is 0 Å². The molecule has 5 heteroatoms. The molecule has 100 valence electrons. The van der Waals surface area contributed by atoms with Gasteiger partial charge in [0.05, 0.1) is 10.9 Å². The number of hydrogen-bond acceptors (Lipinski definition) is 3. The first-order valence-corrected chi connectivity index (χ1v) is 6.58. The molecule has 2 aromatic rings. The van der Waals surface area contributed by atoms with Crippen molar-refractivity contribution in [2.75, 3.05) is 13.1 Å². The van der Waals surface area contributed by atoms with Gasteiger partial charge in [0.15, 0.2) is 0 Å². The van der Waals surface area contributed by atoms with E-state index >= 15 is 0 Å². The van der Waals surface area contributed by atoms with Gasteiger partial charge in [-0.25, -0.2) is 4.79 Å². The zero-order valence-electron chi connectivity index (χ0n) is 10.9. The monoisotopic (exact) mass is 259 g/mol. The van der Waals surface area contributed by atoms with Crippen LogP contribution in [-0.4, -0.2) is 22.2 Å². The molecule has 2 heterocycles. The fourth-order valence-corrected chi connectivity index (χ4v) is 2.75. The average Bonchev–Trinajstić information content (AvgIpc) is 2.94. The van der Waals surface area contributed by atoms with Crippen LogP contribution in [0.4, 0.5) is 0 Å². The van der Waals surface area contributed by atoms with Crippen molar-refractivity contribution in [3.63, 3.8) is 0 Å². The number of hydrogen-bond donors (Lipinski definition) is 1. The van der Waals surface area contributed by atoms with Crippen molar-refractivity contribution in [2.24, 2.45) is 13.0 Å². The minimum absolute atomic E-state index is 0.175. The molecule has 3 rings (SSSR count). The summed E-state index contributed by atoms with van der Waals surface area (Å²) in [6.07, 6.45) is 1.02. The highest BCUT2D eigenvalue weighted by Crippen LogP contribution is 2.10. The number of nitrogens with one attached hydrogen (secondary N) is 1. The van der Waals surface area contributed by atoms with Crippen LogP contribution < -0.4 is 16.6 Å². The van der Waals surface area contributed by atoms with Crippen molar-refractivity contribution >= 4 is 10.9 Å². The van der Waals surface area contributed by atoms with Crippen LogP contribution >= 0.6 is 0 Å². The van der Waals surface area contributed by atoms with Crippen molar-refractivity contribution in [2.45, 2.75) is 13.0 Å². The molecule has 0 amide bonds. The van der Waals surface area contributed by atoms with E-state index in [-0.39, 0.29) is 11.2 Å². The van der Waals surface area contributed by atoms with Crippen molar-refractivity contribution < 1.29 is 0 Å². The second-order valence-electron chi connectivity index (χ2n) is 5.13. The fraction of sp³-hybridized carbons (Fsp3) is 0.429. The highest BCUT2D eigenvalue weighted by atomic mass is 16.2. The molecule has 0 spiro atoms. The Hall–Kier alpha value is -1.88. The lowest BCUT2D eigenvalue weighted by Gasteiger charge is -2.13. The lowest BCUT2D eigenvalue weighted by molar-refractivity contribution is 0.452. The van der Waals surface area contributed by atoms with Gasteiger partial charge < -0.3 is 5.32 Å². The Morgan fingerprint density at radius 3 is 2.84 bits per heavy atom. The van der Waals surface area contributed by atoms with Gasteiger partial charge in [-0.1, -0.05) is 12.1 Å². The predicted molar refractivity (Wildman–Crippen MR) is 74.4 cm³/mol. The molecule has 1 aromatic carbocycles. The topological polar surface area (TPSA) is 56.0 Å². The molecule has 1 unspecified atom stereocenters. The second kappa shape index (κ2) is 4.66. The van der Waals surface area contributed by atoms with Gasteiger partial charge >= 0.3 is 5.69 Å². The Balaban J connectivity index is 2.18. The standard InChI is InChI=1S/C14H17N3O2/c1-16-12-5-3-2-4-11(12)13(18)17(14(16)19)9-10-6-7-15-8-10/h2-5,10,15H,6-9H2,1H3. The molecule has 1 atom stereocenters. The van der Waals surface area contributed by atoms with Gasteiger partial charge in [0, 0.05) is 13.6 Å². The zero-order chi connectivity index (χ0) is 13.4. The molecule has 1 aliphatic rings. The van der Waals surface area contributed by atoms with Crippen LogP contribution in [0.25, 0.3) is 10.9 Å². The molecule has 0 saturated carbocycles. The van der Waals surface area contributed by atoms with Gasteiger partial charge in [-0.2, -0.15) is 0 Å². The first kappa shape index (κ1) is 12.2. The lowest BCUT2D eigenvalue weighted by atomic mass is 10.1. The number of benzene rings is 1. The molecular formula is C14H17N3O2. The summed E-state index contributed by atoms with van der Waals surface area (Å²) in [5, 5.41) is 3.87. The summed E-state index contributed by atoms with van der Waals surface area (Å²) >= 11 is 0. The zero-order valence-corrected chi connectivity index (χ0v) is 10.9. The van der Waals surface area contributed by atoms with Crippen molar-refractivity contribution in [3.8, 4) is 0 Å². The number of aromatic nitrogens is 2. The Morgan fingerprint density at radius 2 is 2.11 bits per heavy atom. The van der Waals surface area contributed by atoms with Gasteiger partial charge in [0.25, 0.3) is 5.56 Å². The normalized spacial score (nSPS) is 19.1. The van der Waals surface area contributed by atoms with E-state index in [1.165, 1.54) is 4.57 Å². The molecule has 0 bridgehead atoms. The molecule has 1 saturated heterocycles. The largest absolute Gasteiger partial charge is 0.331 e. The Kier molecular flexibility index (Phi) is 2.98. The van der Waals surface area contributed by atoms with E-state index in [9.17, 15) is 9.59 Å². The van der Waals surface area contributed by atoms with Crippen molar-refractivity contribution in [3.05, 3.63) is 45.1 Å². The number of para-hydroxylation sites is 1. The molecule has 0 aliphatic carbocycles. The predicted octanol–water partition coefficient (Wildman–Crippen LogP) is 0.310. The SMILES string of the molecule is Cn1c(=O)n(CC2CCNC2)c(=O)c2ccccc21. The maximum Gasteiger partial charge on any atom is 0.331 e. The van der Waals surface area contributed by atoms with Gasteiger partial charge in [-0.05, 0) is 37.6 Å². The maximum atomic E-state index is 12.4. The van der Waals surface area contributed by atoms with Gasteiger partial charge in [0.2, 0.25) is 0 Å². The Morgan fingerprint density at radius 1 is 1.32 bits per heavy atom. The van der Waals surface area contributed by atoms with Gasteiger partial charge in [-0.15, -0.1) is 0 Å². The maximum absolute atomic E-state index is 12.4. The first-order chi connectivity index (χ1) is 9.18. The molecule has 5 nitrogen and oxygen atoms in total. The van der Waals surface area contributed by atoms with Gasteiger partial charge in [0.1, 0.15) is 0 Å². The minimum atomic E-state index is -0.226. The molecule has 1 aromatic heterocycles. The highest BCUT2D eigenvalue weighted by molar-refractivity contribution is 5.77. The number of rotatable bonds is 2. The third-order valence-corrected chi connectivity index (χ3v) is 3.86. The highest BCUT2D eigenvalue weighted by Gasteiger charge is 2.18. The van der Waals surface area contributed by atoms with Crippen LogP contribution in [0.1, 0.15) is 6.42 Å². The third kappa shape index (κ3) is 2.00. The lowest BCUT2D eigenvalue weighted by Crippen LogP contribution is -2.40. The van der Waals surface area contributed by atoms with E-state index in [2.05, 4.69) is 5.32 Å². The molecule has 0 radical (unpaired) electrons. The fourth-order valence-electron chi connectivity index (χ4n) is 2.75. The smallest absolute Gasteiger partial charge is 0.316 e. The van der Waals surface area contributed by atoms with Crippen LogP contribution in [0.15, 0.2) is 33.9 Å². The molecule has 1 fully saturated rings. The number of nitrogens with zero attached hydrogens (tertiary/aromatic N) is 2. The number of aryl methyl sites for hydroxylation is 1. The van der Waals surface area contributed by atoms with E-state index in [1.807, 2.05) is 12.1 Å². The summed E-state index contributed by atoms with van der Waals surface area (Å²) in [7, 11) is 1.72. The van der Waals surface area contributed by atoms with E-state index in [4.69, 9.17) is 0 Å². The molecular weight excluding hydrogens is 242 g/mol. The van der Waals surface area contributed by atoms with Gasteiger partial charge in [-0.3, -0.25) is 13.9 Å². The molecule has 1 aliphatic heterocycles. The third-order valence-electron chi connectivity index (χ3n) is 3.86. The second-order valence-corrected chi connectivity index (χ2v) is 5.13. The average molecular weight is 259 g/mol. The Bertz CT molecular complexity index is 724. The summed E-state index contributed by atoms with van der Waals surface area (Å²) in [4.78, 5) is 24.7. The molecule has 19 heavy (non-hydrogen) atoms. The summed E-state index contributed by atoms with van der Waals surface area (Å²) in [6.45, 7) is 2.35. The van der Waals surface area contributed by atoms with Crippen LogP contribution in [-0.2, 0) is 13.6 Å². The Labute approximate surface area is 110 Å². The van der Waals surface area contributed by atoms with Crippen molar-refractivity contribution in [1.82, 2.24) is 14.5 Å². The van der Waals surface area contributed by atoms with Crippen LogP contribution in [0.3, 0.4) is 0 Å². The first-order valence-electron chi connectivity index (χ1n) is 6.58. The number of fused-ring (bicyclic) bond motifs is 1. The van der Waals surface area contributed by atoms with E-state index in [0.29, 0.717) is 23.4 Å². The quantitative estimate of drug-likeness (QED) is 0.844. The summed E-state index contributed by atoms with van der Waals surface area (Å²) in [5.41, 5.74) is 0.291. The summed E-state index contributed by atoms with van der Waals surface area (Å²) in [6, 6.07) is 7.25. The van der Waals surface area contributed by atoms with E-state index in [1.54, 1.807) is 23.7 Å². The van der Waals surface area contributed by atoms with E-state index in [0.717, 1.165) is 19.5 Å². The van der Waals surface area contributed by atoms with Crippen LogP contribution in [0, 0.1) is 5.92 Å².